The maximum absolute atomic E-state index is 12.9. The van der Waals surface area contributed by atoms with Crippen molar-refractivity contribution in [1.82, 2.24) is 24.8 Å². The Labute approximate surface area is 168 Å². The summed E-state index contributed by atoms with van der Waals surface area (Å²) in [7, 11) is 0. The van der Waals surface area contributed by atoms with Gasteiger partial charge < -0.3 is 10.6 Å². The maximum Gasteiger partial charge on any atom is 0.253 e. The molecular weight excluding hydrogens is 368 g/mol. The number of aromatic nitrogens is 3. The van der Waals surface area contributed by atoms with Crippen LogP contribution in [-0.4, -0.2) is 69.3 Å². The second kappa shape index (κ2) is 8.40. The fourth-order valence-corrected chi connectivity index (χ4v) is 3.69. The van der Waals surface area contributed by atoms with Crippen molar-refractivity contribution in [2.24, 2.45) is 5.73 Å². The number of amides is 2. The minimum absolute atomic E-state index is 0.0173. The van der Waals surface area contributed by atoms with E-state index >= 15 is 0 Å². The molecule has 1 fully saturated rings. The van der Waals surface area contributed by atoms with Crippen molar-refractivity contribution in [3.05, 3.63) is 59.7 Å². The molecule has 8 heteroatoms. The summed E-state index contributed by atoms with van der Waals surface area (Å²) in [6.07, 6.45) is 0.830. The van der Waals surface area contributed by atoms with Crippen molar-refractivity contribution in [2.75, 3.05) is 32.7 Å². The van der Waals surface area contributed by atoms with Crippen molar-refractivity contribution in [3.8, 4) is 0 Å². The van der Waals surface area contributed by atoms with E-state index in [1.807, 2.05) is 63.0 Å². The molecule has 2 amide bonds. The molecule has 0 aliphatic carbocycles. The van der Waals surface area contributed by atoms with Gasteiger partial charge in [-0.2, -0.15) is 0 Å². The van der Waals surface area contributed by atoms with Gasteiger partial charge in [-0.05, 0) is 36.2 Å². The Morgan fingerprint density at radius 3 is 2.55 bits per heavy atom. The molecule has 29 heavy (non-hydrogen) atoms. The predicted molar refractivity (Wildman–Crippen MR) is 109 cm³/mol. The zero-order chi connectivity index (χ0) is 20.2. The molecule has 8 nitrogen and oxygen atoms in total. The molecule has 0 saturated carbocycles. The zero-order valence-electron chi connectivity index (χ0n) is 16.2. The Bertz CT molecular complexity index is 1010. The lowest BCUT2D eigenvalue weighted by Gasteiger charge is -2.21. The van der Waals surface area contributed by atoms with Crippen molar-refractivity contribution in [1.29, 1.82) is 0 Å². The summed E-state index contributed by atoms with van der Waals surface area (Å²) in [4.78, 5) is 27.8. The standard InChI is InChI=1S/C21H24N6O2/c22-20(28)15-25-10-3-11-26(13-12-25)21(29)17-8-6-16(7-9-17)14-27-19-5-2-1-4-18(19)23-24-27/h1-2,4-9H,3,10-15H2,(H2,22,28). The topological polar surface area (TPSA) is 97.4 Å². The van der Waals surface area contributed by atoms with Crippen molar-refractivity contribution < 1.29 is 9.59 Å². The minimum atomic E-state index is -0.333. The fraction of sp³-hybridized carbons (Fsp3) is 0.333. The van der Waals surface area contributed by atoms with Crippen LogP contribution in [0.1, 0.15) is 22.3 Å². The van der Waals surface area contributed by atoms with Gasteiger partial charge in [-0.1, -0.05) is 29.5 Å². The highest BCUT2D eigenvalue weighted by molar-refractivity contribution is 5.94. The van der Waals surface area contributed by atoms with E-state index < -0.39 is 0 Å². The normalized spacial score (nSPS) is 15.4. The van der Waals surface area contributed by atoms with Gasteiger partial charge in [0, 0.05) is 31.7 Å². The van der Waals surface area contributed by atoms with Gasteiger partial charge in [-0.15, -0.1) is 5.10 Å². The second-order valence-electron chi connectivity index (χ2n) is 7.32. The van der Waals surface area contributed by atoms with Crippen LogP contribution in [-0.2, 0) is 11.3 Å². The van der Waals surface area contributed by atoms with Crippen molar-refractivity contribution in [3.63, 3.8) is 0 Å². The number of hydrogen-bond acceptors (Lipinski definition) is 5. The lowest BCUT2D eigenvalue weighted by Crippen LogP contribution is -2.38. The second-order valence-corrected chi connectivity index (χ2v) is 7.32. The number of benzene rings is 2. The molecular formula is C21H24N6O2. The van der Waals surface area contributed by atoms with Crippen LogP contribution in [0.2, 0.25) is 0 Å². The van der Waals surface area contributed by atoms with E-state index in [9.17, 15) is 9.59 Å². The molecule has 2 N–H and O–H groups in total. The van der Waals surface area contributed by atoms with Crippen LogP contribution < -0.4 is 5.73 Å². The average molecular weight is 392 g/mol. The summed E-state index contributed by atoms with van der Waals surface area (Å²) in [5.41, 5.74) is 8.86. The van der Waals surface area contributed by atoms with Gasteiger partial charge in [-0.25, -0.2) is 4.68 Å². The van der Waals surface area contributed by atoms with Gasteiger partial charge in [0.1, 0.15) is 5.52 Å². The molecule has 0 atom stereocenters. The zero-order valence-corrected chi connectivity index (χ0v) is 16.2. The Morgan fingerprint density at radius 1 is 0.966 bits per heavy atom. The van der Waals surface area contributed by atoms with Gasteiger partial charge in [0.2, 0.25) is 5.91 Å². The minimum Gasteiger partial charge on any atom is -0.369 e. The number of para-hydroxylation sites is 1. The van der Waals surface area contributed by atoms with Crippen LogP contribution in [0, 0.1) is 0 Å². The average Bonchev–Trinajstić information content (AvgIpc) is 2.98. The number of nitrogens with zero attached hydrogens (tertiary/aromatic N) is 5. The third kappa shape index (κ3) is 4.43. The number of hydrogen-bond donors (Lipinski definition) is 1. The molecule has 0 bridgehead atoms. The number of carbonyl (C=O) groups excluding carboxylic acids is 2. The van der Waals surface area contributed by atoms with E-state index in [1.165, 1.54) is 0 Å². The molecule has 1 aliphatic rings. The molecule has 1 aliphatic heterocycles. The molecule has 2 aromatic carbocycles. The van der Waals surface area contributed by atoms with Crippen molar-refractivity contribution in [2.45, 2.75) is 13.0 Å². The van der Waals surface area contributed by atoms with Gasteiger partial charge in [0.15, 0.2) is 0 Å². The number of fused-ring (bicyclic) bond motifs is 1. The first kappa shape index (κ1) is 19.1. The first-order valence-corrected chi connectivity index (χ1v) is 9.77. The van der Waals surface area contributed by atoms with Gasteiger partial charge >= 0.3 is 0 Å². The van der Waals surface area contributed by atoms with E-state index in [2.05, 4.69) is 10.3 Å². The highest BCUT2D eigenvalue weighted by Gasteiger charge is 2.21. The molecule has 0 radical (unpaired) electrons. The summed E-state index contributed by atoms with van der Waals surface area (Å²) >= 11 is 0. The van der Waals surface area contributed by atoms with Gasteiger partial charge in [0.05, 0.1) is 18.6 Å². The summed E-state index contributed by atoms with van der Waals surface area (Å²) in [5.74, 6) is -0.316. The van der Waals surface area contributed by atoms with Crippen LogP contribution >= 0.6 is 0 Å². The van der Waals surface area contributed by atoms with Gasteiger partial charge in [0.25, 0.3) is 5.91 Å². The van der Waals surface area contributed by atoms with Crippen LogP contribution in [0.25, 0.3) is 11.0 Å². The maximum atomic E-state index is 12.9. The van der Waals surface area contributed by atoms with E-state index in [-0.39, 0.29) is 18.4 Å². The Morgan fingerprint density at radius 2 is 1.76 bits per heavy atom. The number of nitrogens with two attached hydrogens (primary N) is 1. The third-order valence-corrected chi connectivity index (χ3v) is 5.21. The first-order valence-electron chi connectivity index (χ1n) is 9.77. The first-order chi connectivity index (χ1) is 14.1. The predicted octanol–water partition coefficient (Wildman–Crippen LogP) is 1.11. The third-order valence-electron chi connectivity index (χ3n) is 5.21. The van der Waals surface area contributed by atoms with Gasteiger partial charge in [-0.3, -0.25) is 14.5 Å². The monoisotopic (exact) mass is 392 g/mol. The van der Waals surface area contributed by atoms with Crippen LogP contribution in [0.4, 0.5) is 0 Å². The van der Waals surface area contributed by atoms with Crippen molar-refractivity contribution >= 4 is 22.8 Å². The van der Waals surface area contributed by atoms with E-state index in [0.29, 0.717) is 31.7 Å². The summed E-state index contributed by atoms with van der Waals surface area (Å²) in [6.45, 7) is 3.55. The highest BCUT2D eigenvalue weighted by Crippen LogP contribution is 2.14. The molecule has 1 aromatic heterocycles. The summed E-state index contributed by atoms with van der Waals surface area (Å²) in [6, 6.07) is 15.5. The smallest absolute Gasteiger partial charge is 0.253 e. The highest BCUT2D eigenvalue weighted by atomic mass is 16.2. The number of rotatable bonds is 5. The largest absolute Gasteiger partial charge is 0.369 e. The number of primary amides is 1. The lowest BCUT2D eigenvalue weighted by atomic mass is 10.1. The van der Waals surface area contributed by atoms with Crippen LogP contribution in [0.15, 0.2) is 48.5 Å². The van der Waals surface area contributed by atoms with Crippen LogP contribution in [0.5, 0.6) is 0 Å². The van der Waals surface area contributed by atoms with E-state index in [0.717, 1.165) is 29.6 Å². The fourth-order valence-electron chi connectivity index (χ4n) is 3.69. The Balaban J connectivity index is 1.41. The molecule has 0 spiro atoms. The SMILES string of the molecule is NC(=O)CN1CCCN(C(=O)c2ccc(Cn3nnc4ccccc43)cc2)CC1. The molecule has 1 saturated heterocycles. The summed E-state index contributed by atoms with van der Waals surface area (Å²) < 4.78 is 1.86. The molecule has 150 valence electrons. The summed E-state index contributed by atoms with van der Waals surface area (Å²) in [5, 5.41) is 8.39. The van der Waals surface area contributed by atoms with E-state index in [1.54, 1.807) is 0 Å². The quantitative estimate of drug-likeness (QED) is 0.702. The van der Waals surface area contributed by atoms with E-state index in [4.69, 9.17) is 5.73 Å². The lowest BCUT2D eigenvalue weighted by molar-refractivity contribution is -0.119. The molecule has 0 unspecified atom stereocenters. The molecule has 3 aromatic rings. The Kier molecular flexibility index (Phi) is 5.53. The molecule has 2 heterocycles. The molecule has 4 rings (SSSR count). The van der Waals surface area contributed by atoms with Crippen LogP contribution in [0.3, 0.4) is 0 Å². The Hall–Kier alpha value is -3.26. The number of carbonyl (C=O) groups is 2.